The predicted octanol–water partition coefficient (Wildman–Crippen LogP) is 2.98. The van der Waals surface area contributed by atoms with Crippen LogP contribution in [0.15, 0.2) is 41.3 Å². The maximum absolute atomic E-state index is 10.5. The Morgan fingerprint density at radius 1 is 1.40 bits per heavy atom. The van der Waals surface area contributed by atoms with Crippen LogP contribution < -0.4 is 0 Å². The maximum Gasteiger partial charge on any atom is 0.307 e. The van der Waals surface area contributed by atoms with Crippen molar-refractivity contribution in [2.24, 2.45) is 0 Å². The van der Waals surface area contributed by atoms with E-state index < -0.39 is 5.97 Å². The van der Waals surface area contributed by atoms with Gasteiger partial charge in [-0.25, -0.2) is 0 Å². The third kappa shape index (κ3) is 4.70. The molecule has 0 spiro atoms. The fourth-order valence-corrected chi connectivity index (χ4v) is 1.83. The third-order valence-corrected chi connectivity index (χ3v) is 3.01. The minimum Gasteiger partial charge on any atom is -0.481 e. The number of thioether (sulfide) groups is 1. The minimum atomic E-state index is -0.794. The lowest BCUT2D eigenvalue weighted by Crippen LogP contribution is -1.99. The van der Waals surface area contributed by atoms with Gasteiger partial charge in [-0.15, -0.1) is 11.8 Å². The topological polar surface area (TPSA) is 37.3 Å². The molecule has 0 radical (unpaired) electrons. The molecule has 0 saturated carbocycles. The molecule has 0 aliphatic heterocycles. The second-order valence-corrected chi connectivity index (χ2v) is 4.51. The highest BCUT2D eigenvalue weighted by Crippen LogP contribution is 2.20. The van der Waals surface area contributed by atoms with Crippen LogP contribution >= 0.6 is 11.8 Å². The number of hydrogen-bond acceptors (Lipinski definition) is 2. The van der Waals surface area contributed by atoms with Crippen LogP contribution in [-0.2, 0) is 11.2 Å². The van der Waals surface area contributed by atoms with E-state index in [-0.39, 0.29) is 6.42 Å². The van der Waals surface area contributed by atoms with E-state index in [1.807, 2.05) is 31.2 Å². The van der Waals surface area contributed by atoms with Crippen LogP contribution in [0.25, 0.3) is 0 Å². The molecule has 0 bridgehead atoms. The van der Waals surface area contributed by atoms with Gasteiger partial charge in [0, 0.05) is 10.6 Å². The van der Waals surface area contributed by atoms with Crippen LogP contribution in [0.1, 0.15) is 12.5 Å². The summed E-state index contributed by atoms with van der Waals surface area (Å²) in [5.41, 5.74) is 1.97. The Labute approximate surface area is 94.0 Å². The van der Waals surface area contributed by atoms with Crippen molar-refractivity contribution >= 4 is 17.7 Å². The zero-order valence-electron chi connectivity index (χ0n) is 8.69. The summed E-state index contributed by atoms with van der Waals surface area (Å²) in [5, 5.41) is 8.60. The molecule has 0 saturated heterocycles. The van der Waals surface area contributed by atoms with Crippen molar-refractivity contribution in [2.75, 3.05) is 5.75 Å². The minimum absolute atomic E-state index is 0.0887. The fourth-order valence-electron chi connectivity index (χ4n) is 1.08. The first-order chi connectivity index (χ1) is 7.08. The zero-order valence-corrected chi connectivity index (χ0v) is 9.51. The molecule has 2 nitrogen and oxygen atoms in total. The summed E-state index contributed by atoms with van der Waals surface area (Å²) in [7, 11) is 0. The van der Waals surface area contributed by atoms with Crippen LogP contribution in [0.5, 0.6) is 0 Å². The number of hydrogen-bond donors (Lipinski definition) is 1. The van der Waals surface area contributed by atoms with Gasteiger partial charge in [0.05, 0.1) is 6.42 Å². The van der Waals surface area contributed by atoms with Crippen molar-refractivity contribution in [1.29, 1.82) is 0 Å². The Morgan fingerprint density at radius 3 is 2.47 bits per heavy atom. The van der Waals surface area contributed by atoms with Gasteiger partial charge in [0.25, 0.3) is 0 Å². The highest BCUT2D eigenvalue weighted by molar-refractivity contribution is 7.99. The van der Waals surface area contributed by atoms with Crippen molar-refractivity contribution in [3.63, 3.8) is 0 Å². The molecule has 15 heavy (non-hydrogen) atoms. The zero-order chi connectivity index (χ0) is 11.3. The van der Waals surface area contributed by atoms with Crippen molar-refractivity contribution in [2.45, 2.75) is 18.2 Å². The number of aliphatic carboxylic acids is 1. The molecule has 1 aromatic rings. The smallest absolute Gasteiger partial charge is 0.307 e. The largest absolute Gasteiger partial charge is 0.481 e. The standard InChI is InChI=1S/C12H14O2S/c1-9(2)8-15-11-5-3-10(4-6-11)7-12(13)14/h3-6H,1,7-8H2,2H3,(H,13,14). The highest BCUT2D eigenvalue weighted by atomic mass is 32.2. The Morgan fingerprint density at radius 2 is 2.00 bits per heavy atom. The first kappa shape index (κ1) is 11.9. The molecule has 0 amide bonds. The summed E-state index contributed by atoms with van der Waals surface area (Å²) in [6.07, 6.45) is 0.0887. The summed E-state index contributed by atoms with van der Waals surface area (Å²) in [6, 6.07) is 7.61. The van der Waals surface area contributed by atoms with Gasteiger partial charge < -0.3 is 5.11 Å². The van der Waals surface area contributed by atoms with Gasteiger partial charge in [-0.3, -0.25) is 4.79 Å². The van der Waals surface area contributed by atoms with Crippen molar-refractivity contribution < 1.29 is 9.90 Å². The second-order valence-electron chi connectivity index (χ2n) is 3.46. The molecule has 0 aliphatic carbocycles. The average Bonchev–Trinajstić information content (AvgIpc) is 2.16. The van der Waals surface area contributed by atoms with Gasteiger partial charge in [0.1, 0.15) is 0 Å². The van der Waals surface area contributed by atoms with Crippen LogP contribution in [-0.4, -0.2) is 16.8 Å². The van der Waals surface area contributed by atoms with E-state index in [0.717, 1.165) is 21.8 Å². The molecule has 0 fully saturated rings. The third-order valence-electron chi connectivity index (χ3n) is 1.76. The number of carbonyl (C=O) groups is 1. The molecule has 0 heterocycles. The number of rotatable bonds is 5. The predicted molar refractivity (Wildman–Crippen MR) is 63.3 cm³/mol. The molecule has 80 valence electrons. The molecular formula is C12H14O2S. The van der Waals surface area contributed by atoms with Gasteiger partial charge in [-0.1, -0.05) is 24.3 Å². The molecule has 3 heteroatoms. The number of carboxylic acids is 1. The molecule has 0 aromatic heterocycles. The summed E-state index contributed by atoms with van der Waals surface area (Å²) in [5.74, 6) is 0.107. The van der Waals surface area contributed by atoms with Gasteiger partial charge in [-0.2, -0.15) is 0 Å². The van der Waals surface area contributed by atoms with Crippen LogP contribution in [0.3, 0.4) is 0 Å². The van der Waals surface area contributed by atoms with E-state index in [9.17, 15) is 4.79 Å². The summed E-state index contributed by atoms with van der Waals surface area (Å²) < 4.78 is 0. The summed E-state index contributed by atoms with van der Waals surface area (Å²) in [4.78, 5) is 11.6. The SMILES string of the molecule is C=C(C)CSc1ccc(CC(=O)O)cc1. The molecule has 1 aromatic carbocycles. The summed E-state index contributed by atoms with van der Waals surface area (Å²) in [6.45, 7) is 5.82. The lowest BCUT2D eigenvalue weighted by molar-refractivity contribution is -0.136. The number of benzene rings is 1. The van der Waals surface area contributed by atoms with E-state index in [1.54, 1.807) is 11.8 Å². The lowest BCUT2D eigenvalue weighted by atomic mass is 10.2. The monoisotopic (exact) mass is 222 g/mol. The van der Waals surface area contributed by atoms with Gasteiger partial charge in [0.15, 0.2) is 0 Å². The highest BCUT2D eigenvalue weighted by Gasteiger charge is 2.00. The lowest BCUT2D eigenvalue weighted by Gasteiger charge is -2.02. The Bertz CT molecular complexity index is 354. The molecule has 0 aliphatic rings. The van der Waals surface area contributed by atoms with Crippen LogP contribution in [0.4, 0.5) is 0 Å². The van der Waals surface area contributed by atoms with Crippen LogP contribution in [0.2, 0.25) is 0 Å². The fraction of sp³-hybridized carbons (Fsp3) is 0.250. The van der Waals surface area contributed by atoms with Gasteiger partial charge >= 0.3 is 5.97 Å². The molecular weight excluding hydrogens is 208 g/mol. The quantitative estimate of drug-likeness (QED) is 0.614. The van der Waals surface area contributed by atoms with Crippen molar-refractivity contribution in [3.8, 4) is 0 Å². The molecule has 1 rings (SSSR count). The Hall–Kier alpha value is -1.22. The second kappa shape index (κ2) is 5.61. The average molecular weight is 222 g/mol. The Balaban J connectivity index is 2.56. The molecule has 0 unspecified atom stereocenters. The van der Waals surface area contributed by atoms with Crippen molar-refractivity contribution in [1.82, 2.24) is 0 Å². The first-order valence-corrected chi connectivity index (χ1v) is 5.64. The van der Waals surface area contributed by atoms with Crippen molar-refractivity contribution in [3.05, 3.63) is 42.0 Å². The number of carboxylic acid groups (broad SMARTS) is 1. The van der Waals surface area contributed by atoms with E-state index >= 15 is 0 Å². The Kier molecular flexibility index (Phi) is 4.43. The normalized spacial score (nSPS) is 9.93. The van der Waals surface area contributed by atoms with E-state index in [4.69, 9.17) is 5.11 Å². The van der Waals surface area contributed by atoms with E-state index in [2.05, 4.69) is 6.58 Å². The van der Waals surface area contributed by atoms with E-state index in [1.165, 1.54) is 0 Å². The van der Waals surface area contributed by atoms with Gasteiger partial charge in [0.2, 0.25) is 0 Å². The summed E-state index contributed by atoms with van der Waals surface area (Å²) >= 11 is 1.71. The van der Waals surface area contributed by atoms with E-state index in [0.29, 0.717) is 0 Å². The van der Waals surface area contributed by atoms with Gasteiger partial charge in [-0.05, 0) is 24.6 Å². The maximum atomic E-state index is 10.5. The molecule has 0 atom stereocenters. The first-order valence-electron chi connectivity index (χ1n) is 4.66. The molecule has 1 N–H and O–H groups in total. The van der Waals surface area contributed by atoms with Crippen LogP contribution in [0, 0.1) is 0 Å².